The van der Waals surface area contributed by atoms with Gasteiger partial charge in [0.1, 0.15) is 18.3 Å². The number of nitrogens with zero attached hydrogens (tertiary/aromatic N) is 2. The summed E-state index contributed by atoms with van der Waals surface area (Å²) in [5, 5.41) is 51.0. The fraction of sp³-hybridized carbons (Fsp3) is 0.333. The van der Waals surface area contributed by atoms with E-state index in [1.54, 1.807) is 30.3 Å². The average Bonchev–Trinajstić information content (AvgIpc) is 2.71. The molecule has 1 aromatic heterocycles. The van der Waals surface area contributed by atoms with E-state index >= 15 is 0 Å². The summed E-state index contributed by atoms with van der Waals surface area (Å²) in [7, 11) is 1.45. The van der Waals surface area contributed by atoms with Crippen molar-refractivity contribution in [3.63, 3.8) is 0 Å². The van der Waals surface area contributed by atoms with E-state index in [4.69, 9.17) is 14.2 Å². The molecule has 3 aromatic rings. The third-order valence-electron chi connectivity index (χ3n) is 4.75. The highest BCUT2D eigenvalue weighted by Gasteiger charge is 2.41. The molecule has 0 bridgehead atoms. The number of para-hydroxylation sites is 2. The first-order chi connectivity index (χ1) is 13.4. The standard InChI is InChI=1S/C18H20N2O8/c1-26-12-6-2-4-9-14(12)19(24)10-5-3-7-13(15(10)20(9)25)28-18-17(23)16(22)11(21)8-27-18/h2-7,11,16-18,21-25H,8H2,1H3/q+2/t11-,16+,17-,18+/m1/s1. The number of aliphatic hydroxyl groups is 3. The van der Waals surface area contributed by atoms with E-state index in [2.05, 4.69) is 0 Å². The number of methoxy groups -OCH3 is 1. The van der Waals surface area contributed by atoms with Gasteiger partial charge in [-0.15, -0.1) is 0 Å². The molecule has 0 amide bonds. The average molecular weight is 392 g/mol. The third-order valence-corrected chi connectivity index (χ3v) is 4.75. The van der Waals surface area contributed by atoms with Crippen molar-refractivity contribution in [2.75, 3.05) is 13.7 Å². The second-order valence-electron chi connectivity index (χ2n) is 6.44. The van der Waals surface area contributed by atoms with E-state index < -0.39 is 24.6 Å². The van der Waals surface area contributed by atoms with Crippen LogP contribution in [0.25, 0.3) is 22.1 Å². The van der Waals surface area contributed by atoms with Crippen molar-refractivity contribution in [2.24, 2.45) is 0 Å². The van der Waals surface area contributed by atoms with Gasteiger partial charge in [0, 0.05) is 21.6 Å². The molecule has 1 fully saturated rings. The smallest absolute Gasteiger partial charge is 0.375 e. The highest BCUT2D eigenvalue weighted by molar-refractivity contribution is 5.82. The van der Waals surface area contributed by atoms with Gasteiger partial charge in [-0.3, -0.25) is 10.4 Å². The number of fused-ring (bicyclic) bond motifs is 2. The molecule has 2 aromatic carbocycles. The summed E-state index contributed by atoms with van der Waals surface area (Å²) in [4.78, 5) is 0. The molecular formula is C18H20N2O8+2. The van der Waals surface area contributed by atoms with Crippen LogP contribution in [0.5, 0.6) is 11.5 Å². The number of rotatable bonds is 3. The Balaban J connectivity index is 1.87. The lowest BCUT2D eigenvalue weighted by Crippen LogP contribution is -2.55. The number of aliphatic hydroxyl groups excluding tert-OH is 3. The minimum atomic E-state index is -1.51. The fourth-order valence-electron chi connectivity index (χ4n) is 3.30. The maximum absolute atomic E-state index is 10.8. The van der Waals surface area contributed by atoms with Crippen LogP contribution < -0.4 is 18.9 Å². The fourth-order valence-corrected chi connectivity index (χ4v) is 3.30. The zero-order valence-corrected chi connectivity index (χ0v) is 14.8. The molecule has 0 aliphatic carbocycles. The van der Waals surface area contributed by atoms with Crippen LogP contribution in [-0.4, -0.2) is 64.1 Å². The molecule has 10 heteroatoms. The van der Waals surface area contributed by atoms with Crippen molar-refractivity contribution < 1.29 is 49.4 Å². The predicted molar refractivity (Wildman–Crippen MR) is 91.2 cm³/mol. The van der Waals surface area contributed by atoms with Gasteiger partial charge in [-0.25, -0.2) is 0 Å². The second kappa shape index (κ2) is 6.91. The summed E-state index contributed by atoms with van der Waals surface area (Å²) in [6.07, 6.45) is -5.46. The van der Waals surface area contributed by atoms with Gasteiger partial charge in [0.05, 0.1) is 13.7 Å². The molecule has 10 nitrogen and oxygen atoms in total. The lowest BCUT2D eigenvalue weighted by atomic mass is 10.1. The zero-order valence-electron chi connectivity index (χ0n) is 14.8. The van der Waals surface area contributed by atoms with Crippen LogP contribution in [0.1, 0.15) is 0 Å². The van der Waals surface area contributed by atoms with Crippen LogP contribution in [0.2, 0.25) is 0 Å². The molecule has 2 heterocycles. The number of ether oxygens (including phenoxy) is 3. The Hall–Kier alpha value is -2.92. The Bertz CT molecular complexity index is 1040. The van der Waals surface area contributed by atoms with E-state index in [9.17, 15) is 25.7 Å². The predicted octanol–water partition coefficient (Wildman–Crippen LogP) is -1.13. The third kappa shape index (κ3) is 2.74. The number of benzene rings is 2. The van der Waals surface area contributed by atoms with E-state index in [-0.39, 0.29) is 34.4 Å². The first-order valence-corrected chi connectivity index (χ1v) is 8.54. The van der Waals surface area contributed by atoms with Gasteiger partial charge in [0.25, 0.3) is 0 Å². The number of hydrogen-bond donors (Lipinski definition) is 5. The van der Waals surface area contributed by atoms with Crippen molar-refractivity contribution in [3.8, 4) is 11.5 Å². The summed E-state index contributed by atoms with van der Waals surface area (Å²) in [6.45, 7) is -0.229. The van der Waals surface area contributed by atoms with Gasteiger partial charge in [0.15, 0.2) is 0 Å². The molecule has 4 atom stereocenters. The van der Waals surface area contributed by atoms with E-state index in [0.29, 0.717) is 5.75 Å². The largest absolute Gasteiger partial charge is 0.490 e. The first-order valence-electron chi connectivity index (χ1n) is 8.54. The molecule has 1 aliphatic rings. The van der Waals surface area contributed by atoms with Crippen molar-refractivity contribution in [3.05, 3.63) is 36.4 Å². The molecule has 28 heavy (non-hydrogen) atoms. The summed E-state index contributed by atoms with van der Waals surface area (Å²) in [6, 6.07) is 9.50. The van der Waals surface area contributed by atoms with E-state index in [0.717, 1.165) is 9.46 Å². The molecule has 1 saturated heterocycles. The maximum Gasteiger partial charge on any atom is 0.375 e. The molecule has 4 rings (SSSR count). The molecule has 5 N–H and O–H groups in total. The van der Waals surface area contributed by atoms with Gasteiger partial charge in [-0.2, -0.15) is 0 Å². The highest BCUT2D eigenvalue weighted by atomic mass is 16.7. The van der Waals surface area contributed by atoms with E-state index in [1.165, 1.54) is 13.2 Å². The van der Waals surface area contributed by atoms with Crippen molar-refractivity contribution in [1.82, 2.24) is 0 Å². The summed E-state index contributed by atoms with van der Waals surface area (Å²) >= 11 is 0. The molecule has 1 aliphatic heterocycles. The molecule has 148 valence electrons. The van der Waals surface area contributed by atoms with E-state index in [1.807, 2.05) is 0 Å². The Morgan fingerprint density at radius 2 is 1.46 bits per heavy atom. The molecule has 0 saturated carbocycles. The molecule has 0 radical (unpaired) electrons. The van der Waals surface area contributed by atoms with Crippen LogP contribution >= 0.6 is 0 Å². The minimum absolute atomic E-state index is 0.0835. The van der Waals surface area contributed by atoms with Gasteiger partial charge in [-0.1, -0.05) is 12.1 Å². The molecule has 0 unspecified atom stereocenters. The van der Waals surface area contributed by atoms with Gasteiger partial charge in [0.2, 0.25) is 17.8 Å². The maximum atomic E-state index is 10.8. The Morgan fingerprint density at radius 3 is 2.07 bits per heavy atom. The normalized spacial score (nSPS) is 25.1. The van der Waals surface area contributed by atoms with Crippen LogP contribution in [0.4, 0.5) is 0 Å². The summed E-state index contributed by atoms with van der Waals surface area (Å²) in [5.74, 6) is 0.430. The lowest BCUT2D eigenvalue weighted by molar-refractivity contribution is -0.894. The van der Waals surface area contributed by atoms with Crippen LogP contribution in [0, 0.1) is 0 Å². The number of aromatic nitrogens is 2. The zero-order chi connectivity index (χ0) is 20.0. The minimum Gasteiger partial charge on any atom is -0.490 e. The summed E-state index contributed by atoms with van der Waals surface area (Å²) < 4.78 is 17.9. The quantitative estimate of drug-likeness (QED) is 0.215. The Kier molecular flexibility index (Phi) is 4.55. The van der Waals surface area contributed by atoms with Crippen LogP contribution in [-0.2, 0) is 4.74 Å². The van der Waals surface area contributed by atoms with Gasteiger partial charge in [-0.05, 0) is 12.1 Å². The SMILES string of the molecule is COc1cccc2c1[n+](O)c1cccc(O[C@@H]3OC[C@@H](O)[C@H](O)[C@H]3O)c1[n+]2O. The van der Waals surface area contributed by atoms with Crippen molar-refractivity contribution >= 4 is 22.1 Å². The van der Waals surface area contributed by atoms with Gasteiger partial charge >= 0.3 is 22.1 Å². The first kappa shape index (κ1) is 18.4. The van der Waals surface area contributed by atoms with Crippen molar-refractivity contribution in [2.45, 2.75) is 24.6 Å². The second-order valence-corrected chi connectivity index (χ2v) is 6.44. The Labute approximate surface area is 158 Å². The Morgan fingerprint density at radius 1 is 0.893 bits per heavy atom. The molecule has 0 spiro atoms. The molecular weight excluding hydrogens is 372 g/mol. The lowest BCUT2D eigenvalue weighted by Gasteiger charge is -2.34. The van der Waals surface area contributed by atoms with Crippen molar-refractivity contribution in [1.29, 1.82) is 0 Å². The van der Waals surface area contributed by atoms with Crippen LogP contribution in [0.3, 0.4) is 0 Å². The van der Waals surface area contributed by atoms with Gasteiger partial charge < -0.3 is 29.5 Å². The highest BCUT2D eigenvalue weighted by Crippen LogP contribution is 2.28. The van der Waals surface area contributed by atoms with Crippen LogP contribution in [0.15, 0.2) is 36.4 Å². The monoisotopic (exact) mass is 392 g/mol. The summed E-state index contributed by atoms with van der Waals surface area (Å²) in [5.41, 5.74) is 0.778. The number of hydrogen-bond acceptors (Lipinski definition) is 8. The topological polar surface area (TPSA) is 137 Å².